The van der Waals surface area contributed by atoms with Gasteiger partial charge in [0.05, 0.1) is 17.5 Å². The van der Waals surface area contributed by atoms with Gasteiger partial charge >= 0.3 is 0 Å². The molecule has 1 aromatic heterocycles. The monoisotopic (exact) mass is 391 g/mol. The molecule has 146 valence electrons. The molecule has 1 aliphatic rings. The molecule has 0 radical (unpaired) electrons. The van der Waals surface area contributed by atoms with Crippen LogP contribution in [0, 0.1) is 17.0 Å². The van der Waals surface area contributed by atoms with Crippen LogP contribution in [-0.4, -0.2) is 26.5 Å². The van der Waals surface area contributed by atoms with E-state index in [-0.39, 0.29) is 23.9 Å². The van der Waals surface area contributed by atoms with Crippen molar-refractivity contribution in [2.75, 3.05) is 10.6 Å². The summed E-state index contributed by atoms with van der Waals surface area (Å²) in [6.45, 7) is 1.67. The van der Waals surface area contributed by atoms with Crippen LogP contribution < -0.4 is 10.6 Å². The number of benzene rings is 2. The number of nitro benzene ring substituents is 1. The number of carbonyl (C=O) groups is 2. The normalized spacial score (nSPS) is 14.9. The number of rotatable bonds is 5. The summed E-state index contributed by atoms with van der Waals surface area (Å²) in [5, 5.41) is 20.6. The number of amides is 2. The highest BCUT2D eigenvalue weighted by Gasteiger charge is 2.35. The summed E-state index contributed by atoms with van der Waals surface area (Å²) in [6, 6.07) is 13.0. The Morgan fingerprint density at radius 1 is 1.28 bits per heavy atom. The van der Waals surface area contributed by atoms with Gasteiger partial charge in [-0.05, 0) is 24.1 Å². The molecule has 0 bridgehead atoms. The predicted molar refractivity (Wildman–Crippen MR) is 106 cm³/mol. The maximum absolute atomic E-state index is 12.5. The molecule has 1 atom stereocenters. The second-order valence-electron chi connectivity index (χ2n) is 6.73. The van der Waals surface area contributed by atoms with E-state index in [4.69, 9.17) is 0 Å². The van der Waals surface area contributed by atoms with E-state index in [1.807, 2.05) is 30.3 Å². The SMILES string of the molecule is Cc1cc([N+](=O)[O-])ccc1NC(=O)CC1C(=O)Nc2c(-c3ccccc3)cnn21. The zero-order valence-electron chi connectivity index (χ0n) is 15.5. The summed E-state index contributed by atoms with van der Waals surface area (Å²) in [4.78, 5) is 35.3. The lowest BCUT2D eigenvalue weighted by Gasteiger charge is -2.11. The molecule has 4 rings (SSSR count). The topological polar surface area (TPSA) is 119 Å². The lowest BCUT2D eigenvalue weighted by molar-refractivity contribution is -0.384. The van der Waals surface area contributed by atoms with Gasteiger partial charge in [0.2, 0.25) is 5.91 Å². The van der Waals surface area contributed by atoms with Gasteiger partial charge in [-0.3, -0.25) is 19.7 Å². The van der Waals surface area contributed by atoms with Crippen LogP contribution in [0.3, 0.4) is 0 Å². The van der Waals surface area contributed by atoms with Gasteiger partial charge in [0.25, 0.3) is 11.6 Å². The molecule has 9 nitrogen and oxygen atoms in total. The Morgan fingerprint density at radius 2 is 2.03 bits per heavy atom. The molecule has 0 fully saturated rings. The predicted octanol–water partition coefficient (Wildman–Crippen LogP) is 3.29. The third-order valence-electron chi connectivity index (χ3n) is 4.79. The Balaban J connectivity index is 1.51. The molecule has 0 saturated carbocycles. The Bertz CT molecular complexity index is 1120. The van der Waals surface area contributed by atoms with E-state index in [0.29, 0.717) is 17.1 Å². The third kappa shape index (κ3) is 3.45. The van der Waals surface area contributed by atoms with Crippen LogP contribution in [0.5, 0.6) is 0 Å². The first kappa shape index (κ1) is 18.4. The Kier molecular flexibility index (Phi) is 4.55. The lowest BCUT2D eigenvalue weighted by Crippen LogP contribution is -2.23. The minimum Gasteiger partial charge on any atom is -0.326 e. The van der Waals surface area contributed by atoms with E-state index in [1.54, 1.807) is 13.1 Å². The number of aryl methyl sites for hydroxylation is 1. The van der Waals surface area contributed by atoms with E-state index in [0.717, 1.165) is 11.1 Å². The first-order chi connectivity index (χ1) is 13.9. The van der Waals surface area contributed by atoms with Crippen molar-refractivity contribution in [3.63, 3.8) is 0 Å². The zero-order valence-corrected chi connectivity index (χ0v) is 15.5. The van der Waals surface area contributed by atoms with Crippen molar-refractivity contribution in [1.29, 1.82) is 0 Å². The van der Waals surface area contributed by atoms with Gasteiger partial charge in [-0.25, -0.2) is 4.68 Å². The maximum Gasteiger partial charge on any atom is 0.269 e. The molecular formula is C20H17N5O4. The van der Waals surface area contributed by atoms with Crippen molar-refractivity contribution < 1.29 is 14.5 Å². The first-order valence-corrected chi connectivity index (χ1v) is 8.92. The van der Waals surface area contributed by atoms with Crippen molar-refractivity contribution in [1.82, 2.24) is 9.78 Å². The van der Waals surface area contributed by atoms with Gasteiger partial charge in [-0.15, -0.1) is 0 Å². The fourth-order valence-electron chi connectivity index (χ4n) is 3.32. The minimum absolute atomic E-state index is 0.0507. The number of nitrogens with one attached hydrogen (secondary N) is 2. The number of non-ortho nitro benzene ring substituents is 1. The van der Waals surface area contributed by atoms with Crippen LogP contribution in [0.25, 0.3) is 11.1 Å². The Labute approximate surface area is 165 Å². The average molecular weight is 391 g/mol. The highest BCUT2D eigenvalue weighted by atomic mass is 16.6. The fourth-order valence-corrected chi connectivity index (χ4v) is 3.32. The van der Waals surface area contributed by atoms with Crippen molar-refractivity contribution in [2.45, 2.75) is 19.4 Å². The molecule has 9 heteroatoms. The molecule has 1 unspecified atom stereocenters. The minimum atomic E-state index is -0.763. The second kappa shape index (κ2) is 7.19. The van der Waals surface area contributed by atoms with Crippen molar-refractivity contribution in [3.05, 3.63) is 70.4 Å². The molecule has 1 aliphatic heterocycles. The van der Waals surface area contributed by atoms with Gasteiger partial charge in [0.1, 0.15) is 11.9 Å². The number of hydrogen-bond acceptors (Lipinski definition) is 5. The number of nitrogens with zero attached hydrogens (tertiary/aromatic N) is 3. The summed E-state index contributed by atoms with van der Waals surface area (Å²) < 4.78 is 1.52. The maximum atomic E-state index is 12.5. The third-order valence-corrected chi connectivity index (χ3v) is 4.79. The molecule has 3 aromatic rings. The van der Waals surface area contributed by atoms with E-state index < -0.39 is 11.0 Å². The Morgan fingerprint density at radius 3 is 2.72 bits per heavy atom. The van der Waals surface area contributed by atoms with E-state index in [2.05, 4.69) is 15.7 Å². The molecule has 2 N–H and O–H groups in total. The van der Waals surface area contributed by atoms with Crippen molar-refractivity contribution >= 4 is 29.0 Å². The molecule has 0 spiro atoms. The fraction of sp³-hybridized carbons (Fsp3) is 0.150. The standard InChI is InChI=1S/C20H17N5O4/c1-12-9-14(25(28)29)7-8-16(12)22-18(26)10-17-20(27)23-19-15(11-21-24(17)19)13-5-3-2-4-6-13/h2-9,11,17H,10H2,1H3,(H,22,26)(H,23,27). The zero-order chi connectivity index (χ0) is 20.5. The molecular weight excluding hydrogens is 374 g/mol. The van der Waals surface area contributed by atoms with Crippen LogP contribution in [-0.2, 0) is 9.59 Å². The van der Waals surface area contributed by atoms with Crippen LogP contribution in [0.2, 0.25) is 0 Å². The smallest absolute Gasteiger partial charge is 0.269 e. The van der Waals surface area contributed by atoms with E-state index >= 15 is 0 Å². The molecule has 2 amide bonds. The molecule has 0 saturated heterocycles. The number of fused-ring (bicyclic) bond motifs is 1. The average Bonchev–Trinajstić information content (AvgIpc) is 3.23. The summed E-state index contributed by atoms with van der Waals surface area (Å²) >= 11 is 0. The summed E-state index contributed by atoms with van der Waals surface area (Å²) in [5.41, 5.74) is 2.68. The lowest BCUT2D eigenvalue weighted by atomic mass is 10.1. The van der Waals surface area contributed by atoms with Gasteiger partial charge in [-0.2, -0.15) is 5.10 Å². The number of nitro groups is 1. The van der Waals surface area contributed by atoms with Crippen molar-refractivity contribution in [3.8, 4) is 11.1 Å². The number of carbonyl (C=O) groups excluding carboxylic acids is 2. The highest BCUT2D eigenvalue weighted by Crippen LogP contribution is 2.35. The van der Waals surface area contributed by atoms with Crippen molar-refractivity contribution in [2.24, 2.45) is 0 Å². The number of anilines is 2. The molecule has 2 aromatic carbocycles. The van der Waals surface area contributed by atoms with Crippen LogP contribution in [0.4, 0.5) is 17.2 Å². The van der Waals surface area contributed by atoms with Crippen LogP contribution in [0.1, 0.15) is 18.0 Å². The largest absolute Gasteiger partial charge is 0.326 e. The summed E-state index contributed by atoms with van der Waals surface area (Å²) in [7, 11) is 0. The van der Waals surface area contributed by atoms with E-state index in [9.17, 15) is 19.7 Å². The quantitative estimate of drug-likeness (QED) is 0.511. The van der Waals surface area contributed by atoms with Gasteiger partial charge in [0.15, 0.2) is 0 Å². The summed E-state index contributed by atoms with van der Waals surface area (Å²) in [6.07, 6.45) is 1.56. The Hall–Kier alpha value is -4.01. The van der Waals surface area contributed by atoms with E-state index in [1.165, 1.54) is 22.9 Å². The second-order valence-corrected chi connectivity index (χ2v) is 6.73. The first-order valence-electron chi connectivity index (χ1n) is 8.92. The highest BCUT2D eigenvalue weighted by molar-refractivity contribution is 6.04. The summed E-state index contributed by atoms with van der Waals surface area (Å²) in [5.74, 6) is -0.127. The molecule has 2 heterocycles. The number of aromatic nitrogens is 2. The van der Waals surface area contributed by atoms with Crippen LogP contribution >= 0.6 is 0 Å². The van der Waals surface area contributed by atoms with Gasteiger partial charge in [-0.1, -0.05) is 30.3 Å². The number of hydrogen-bond donors (Lipinski definition) is 2. The van der Waals surface area contributed by atoms with Crippen LogP contribution in [0.15, 0.2) is 54.7 Å². The molecule has 29 heavy (non-hydrogen) atoms. The van der Waals surface area contributed by atoms with Gasteiger partial charge < -0.3 is 10.6 Å². The van der Waals surface area contributed by atoms with Gasteiger partial charge in [0, 0.05) is 23.4 Å². The molecule has 0 aliphatic carbocycles.